The summed E-state index contributed by atoms with van der Waals surface area (Å²) in [6, 6.07) is 4.26. The van der Waals surface area contributed by atoms with Gasteiger partial charge in [-0.15, -0.1) is 0 Å². The predicted molar refractivity (Wildman–Crippen MR) is 97.1 cm³/mol. The molecule has 2 rings (SSSR count). The molecule has 0 unspecified atom stereocenters. The maximum Gasteiger partial charge on any atom is 0.332 e. The maximum atomic E-state index is 12.8. The second kappa shape index (κ2) is 9.67. The monoisotopic (exact) mass is 400 g/mol. The number of nitrogens with zero attached hydrogens (tertiary/aromatic N) is 1. The SMILES string of the molecule is COCC(=O)OCC(=O)Nc1cc(S(=O)(=O)N2CCCCC2)ccc1OC. The molecular formula is C17H24N2O7S. The number of carbonyl (C=O) groups excluding carboxylic acids is 2. The van der Waals surface area contributed by atoms with Crippen molar-refractivity contribution in [1.82, 2.24) is 4.31 Å². The first-order valence-electron chi connectivity index (χ1n) is 8.51. The fourth-order valence-corrected chi connectivity index (χ4v) is 4.24. The van der Waals surface area contributed by atoms with E-state index in [2.05, 4.69) is 10.1 Å². The van der Waals surface area contributed by atoms with Crippen LogP contribution in [0.5, 0.6) is 5.75 Å². The number of piperidine rings is 1. The molecule has 10 heteroatoms. The van der Waals surface area contributed by atoms with Gasteiger partial charge in [-0.05, 0) is 31.0 Å². The van der Waals surface area contributed by atoms with Gasteiger partial charge in [0.05, 0.1) is 17.7 Å². The van der Waals surface area contributed by atoms with Crippen molar-refractivity contribution >= 4 is 27.6 Å². The Morgan fingerprint density at radius 3 is 2.44 bits per heavy atom. The highest BCUT2D eigenvalue weighted by Gasteiger charge is 2.27. The van der Waals surface area contributed by atoms with Crippen LogP contribution in [0.1, 0.15) is 19.3 Å². The standard InChI is InChI=1S/C17H24N2O7S/c1-24-12-17(21)26-11-16(20)18-14-10-13(6-7-15(14)25-2)27(22,23)19-8-4-3-5-9-19/h6-7,10H,3-5,8-9,11-12H2,1-2H3,(H,18,20). The lowest BCUT2D eigenvalue weighted by atomic mass is 10.2. The molecule has 1 aliphatic rings. The van der Waals surface area contributed by atoms with E-state index in [1.165, 1.54) is 36.7 Å². The number of ether oxygens (including phenoxy) is 3. The summed E-state index contributed by atoms with van der Waals surface area (Å²) >= 11 is 0. The molecule has 1 amide bonds. The number of hydrogen-bond donors (Lipinski definition) is 1. The van der Waals surface area contributed by atoms with Crippen molar-refractivity contribution in [3.8, 4) is 5.75 Å². The zero-order valence-corrected chi connectivity index (χ0v) is 16.2. The molecule has 0 aromatic heterocycles. The first-order chi connectivity index (χ1) is 12.9. The van der Waals surface area contributed by atoms with Gasteiger partial charge in [-0.3, -0.25) is 4.79 Å². The summed E-state index contributed by atoms with van der Waals surface area (Å²) in [5.74, 6) is -1.00. The minimum absolute atomic E-state index is 0.0666. The molecule has 1 aromatic rings. The number of nitrogens with one attached hydrogen (secondary N) is 1. The van der Waals surface area contributed by atoms with Gasteiger partial charge in [-0.1, -0.05) is 6.42 Å². The second-order valence-corrected chi connectivity index (χ2v) is 7.91. The number of sulfonamides is 1. The molecule has 1 fully saturated rings. The van der Waals surface area contributed by atoms with Crippen molar-refractivity contribution in [2.24, 2.45) is 0 Å². The fraction of sp³-hybridized carbons (Fsp3) is 0.529. The summed E-state index contributed by atoms with van der Waals surface area (Å²) in [7, 11) is -0.915. The van der Waals surface area contributed by atoms with Crippen LogP contribution in [0, 0.1) is 0 Å². The highest BCUT2D eigenvalue weighted by atomic mass is 32.2. The van der Waals surface area contributed by atoms with Crippen molar-refractivity contribution < 1.29 is 32.2 Å². The molecule has 27 heavy (non-hydrogen) atoms. The van der Waals surface area contributed by atoms with Crippen LogP contribution in [-0.4, -0.2) is 65.1 Å². The molecule has 1 saturated heterocycles. The Labute approximate surface area is 158 Å². The van der Waals surface area contributed by atoms with Gasteiger partial charge in [-0.25, -0.2) is 13.2 Å². The van der Waals surface area contributed by atoms with Gasteiger partial charge in [0, 0.05) is 20.2 Å². The number of anilines is 1. The molecule has 0 bridgehead atoms. The molecule has 9 nitrogen and oxygen atoms in total. The van der Waals surface area contributed by atoms with E-state index in [9.17, 15) is 18.0 Å². The number of esters is 1. The Morgan fingerprint density at radius 1 is 1.11 bits per heavy atom. The zero-order valence-electron chi connectivity index (χ0n) is 15.4. The van der Waals surface area contributed by atoms with Crippen LogP contribution in [-0.2, 0) is 29.1 Å². The lowest BCUT2D eigenvalue weighted by molar-refractivity contribution is -0.150. The summed E-state index contributed by atoms with van der Waals surface area (Å²) in [6.07, 6.45) is 2.66. The van der Waals surface area contributed by atoms with Crippen LogP contribution in [0.3, 0.4) is 0 Å². The van der Waals surface area contributed by atoms with Crippen LogP contribution in [0.25, 0.3) is 0 Å². The highest BCUT2D eigenvalue weighted by Crippen LogP contribution is 2.29. The summed E-state index contributed by atoms with van der Waals surface area (Å²) < 4.78 is 41.6. The Morgan fingerprint density at radius 2 is 1.81 bits per heavy atom. The Balaban J connectivity index is 2.14. The lowest BCUT2D eigenvalue weighted by Crippen LogP contribution is -2.35. The maximum absolute atomic E-state index is 12.8. The van der Waals surface area contributed by atoms with E-state index in [1.54, 1.807) is 0 Å². The van der Waals surface area contributed by atoms with Crippen molar-refractivity contribution in [1.29, 1.82) is 0 Å². The van der Waals surface area contributed by atoms with Crippen molar-refractivity contribution in [2.45, 2.75) is 24.2 Å². The molecular weight excluding hydrogens is 376 g/mol. The molecule has 150 valence electrons. The van der Waals surface area contributed by atoms with Crippen LogP contribution >= 0.6 is 0 Å². The zero-order chi connectivity index (χ0) is 19.9. The largest absolute Gasteiger partial charge is 0.495 e. The predicted octanol–water partition coefficient (Wildman–Crippen LogP) is 0.998. The van der Waals surface area contributed by atoms with E-state index < -0.39 is 28.5 Å². The summed E-state index contributed by atoms with van der Waals surface area (Å²) in [6.45, 7) is 0.172. The highest BCUT2D eigenvalue weighted by molar-refractivity contribution is 7.89. The summed E-state index contributed by atoms with van der Waals surface area (Å²) in [5.41, 5.74) is 0.184. The number of hydrogen-bond acceptors (Lipinski definition) is 7. The molecule has 0 aliphatic carbocycles. The molecule has 1 aromatic carbocycles. The third-order valence-corrected chi connectivity index (χ3v) is 5.92. The third kappa shape index (κ3) is 5.65. The Hall–Kier alpha value is -2.17. The van der Waals surface area contributed by atoms with E-state index in [4.69, 9.17) is 9.47 Å². The van der Waals surface area contributed by atoms with Crippen LogP contribution in [0.4, 0.5) is 5.69 Å². The number of benzene rings is 1. The Kier molecular flexibility index (Phi) is 7.57. The molecule has 0 spiro atoms. The van der Waals surface area contributed by atoms with Gasteiger partial charge in [0.1, 0.15) is 12.4 Å². The summed E-state index contributed by atoms with van der Waals surface area (Å²) in [5, 5.41) is 2.51. The molecule has 0 atom stereocenters. The van der Waals surface area contributed by atoms with Crippen LogP contribution in [0.15, 0.2) is 23.1 Å². The van der Waals surface area contributed by atoms with Crippen molar-refractivity contribution in [2.75, 3.05) is 45.8 Å². The molecule has 0 radical (unpaired) electrons. The normalized spacial score (nSPS) is 15.2. The number of carbonyl (C=O) groups is 2. The van der Waals surface area contributed by atoms with E-state index >= 15 is 0 Å². The van der Waals surface area contributed by atoms with Gasteiger partial charge in [-0.2, -0.15) is 4.31 Å². The minimum atomic E-state index is -3.65. The average molecular weight is 400 g/mol. The van der Waals surface area contributed by atoms with Gasteiger partial charge >= 0.3 is 5.97 Å². The molecule has 1 N–H and O–H groups in total. The third-order valence-electron chi connectivity index (χ3n) is 4.02. The first kappa shape index (κ1) is 21.1. The average Bonchev–Trinajstić information content (AvgIpc) is 2.67. The van der Waals surface area contributed by atoms with Crippen LogP contribution in [0.2, 0.25) is 0 Å². The second-order valence-electron chi connectivity index (χ2n) is 5.97. The quantitative estimate of drug-likeness (QED) is 0.648. The fourth-order valence-electron chi connectivity index (χ4n) is 2.69. The van der Waals surface area contributed by atoms with Gasteiger partial charge in [0.2, 0.25) is 10.0 Å². The van der Waals surface area contributed by atoms with E-state index in [0.717, 1.165) is 19.3 Å². The number of methoxy groups -OCH3 is 2. The molecule has 1 aliphatic heterocycles. The van der Waals surface area contributed by atoms with E-state index in [1.807, 2.05) is 0 Å². The number of amides is 1. The van der Waals surface area contributed by atoms with Gasteiger partial charge < -0.3 is 19.5 Å². The number of rotatable bonds is 8. The van der Waals surface area contributed by atoms with Crippen molar-refractivity contribution in [3.63, 3.8) is 0 Å². The minimum Gasteiger partial charge on any atom is -0.495 e. The summed E-state index contributed by atoms with van der Waals surface area (Å²) in [4.78, 5) is 23.3. The van der Waals surface area contributed by atoms with E-state index in [-0.39, 0.29) is 17.2 Å². The van der Waals surface area contributed by atoms with Gasteiger partial charge in [0.25, 0.3) is 5.91 Å². The first-order valence-corrected chi connectivity index (χ1v) is 9.95. The molecule has 1 heterocycles. The van der Waals surface area contributed by atoms with E-state index in [0.29, 0.717) is 18.8 Å². The van der Waals surface area contributed by atoms with Crippen LogP contribution < -0.4 is 10.1 Å². The van der Waals surface area contributed by atoms with Gasteiger partial charge in [0.15, 0.2) is 6.61 Å². The van der Waals surface area contributed by atoms with Crippen molar-refractivity contribution in [3.05, 3.63) is 18.2 Å². The lowest BCUT2D eigenvalue weighted by Gasteiger charge is -2.26. The smallest absolute Gasteiger partial charge is 0.332 e. The topological polar surface area (TPSA) is 111 Å². The Bertz CT molecular complexity index is 773. The molecule has 0 saturated carbocycles.